The molecule has 0 aliphatic carbocycles. The summed E-state index contributed by atoms with van der Waals surface area (Å²) in [5, 5.41) is 0. The molecular formula is C20H28BN3O2. The van der Waals surface area contributed by atoms with Gasteiger partial charge >= 0.3 is 7.12 Å². The van der Waals surface area contributed by atoms with Crippen molar-refractivity contribution in [2.45, 2.75) is 57.8 Å². The SMILES string of the molecule is CN1CCCC1c1ncc(-c2ccc(B3OC(C)(C)C(C)(C)O3)cc2)[nH]1. The van der Waals surface area contributed by atoms with Crippen molar-refractivity contribution in [2.75, 3.05) is 13.6 Å². The van der Waals surface area contributed by atoms with E-state index in [1.54, 1.807) is 0 Å². The molecule has 2 aromatic rings. The number of H-pyrrole nitrogens is 1. The lowest BCUT2D eigenvalue weighted by Crippen LogP contribution is -2.41. The Labute approximate surface area is 156 Å². The van der Waals surface area contributed by atoms with Gasteiger partial charge in [0.05, 0.1) is 29.1 Å². The number of hydrogen-bond acceptors (Lipinski definition) is 4. The van der Waals surface area contributed by atoms with Crippen LogP contribution in [0.25, 0.3) is 11.3 Å². The number of rotatable bonds is 3. The van der Waals surface area contributed by atoms with Crippen LogP contribution in [0.15, 0.2) is 30.5 Å². The summed E-state index contributed by atoms with van der Waals surface area (Å²) in [6, 6.07) is 8.79. The minimum Gasteiger partial charge on any atom is -0.399 e. The normalized spacial score (nSPS) is 25.1. The molecule has 3 heterocycles. The van der Waals surface area contributed by atoms with Gasteiger partial charge in [-0.05, 0) is 65.2 Å². The molecule has 6 heteroatoms. The second kappa shape index (κ2) is 6.22. The summed E-state index contributed by atoms with van der Waals surface area (Å²) in [6.45, 7) is 9.45. The Morgan fingerprint density at radius 1 is 1.12 bits per heavy atom. The van der Waals surface area contributed by atoms with Gasteiger partial charge in [0, 0.05) is 0 Å². The molecular weight excluding hydrogens is 325 g/mol. The summed E-state index contributed by atoms with van der Waals surface area (Å²) < 4.78 is 12.3. The molecule has 0 bridgehead atoms. The summed E-state index contributed by atoms with van der Waals surface area (Å²) in [5.41, 5.74) is 2.59. The van der Waals surface area contributed by atoms with E-state index >= 15 is 0 Å². The van der Waals surface area contributed by atoms with Crippen LogP contribution in [0.3, 0.4) is 0 Å². The standard InChI is InChI=1S/C20H28BN3O2/c1-19(2)20(3,4)26-21(25-19)15-10-8-14(9-11-15)16-13-22-18(23-16)17-7-6-12-24(17)5/h8-11,13,17H,6-7,12H2,1-5H3,(H,22,23). The van der Waals surface area contributed by atoms with E-state index in [9.17, 15) is 0 Å². The van der Waals surface area contributed by atoms with Crippen LogP contribution < -0.4 is 5.46 Å². The topological polar surface area (TPSA) is 50.4 Å². The van der Waals surface area contributed by atoms with Gasteiger partial charge in [-0.3, -0.25) is 4.90 Å². The van der Waals surface area contributed by atoms with Crippen LogP contribution in [-0.4, -0.2) is 46.8 Å². The molecule has 4 rings (SSSR count). The molecule has 1 unspecified atom stereocenters. The molecule has 1 aromatic heterocycles. The summed E-state index contributed by atoms with van der Waals surface area (Å²) in [6.07, 6.45) is 4.34. The lowest BCUT2D eigenvalue weighted by Gasteiger charge is -2.32. The summed E-state index contributed by atoms with van der Waals surface area (Å²) in [7, 11) is 1.85. The second-order valence-electron chi connectivity index (χ2n) is 8.53. The van der Waals surface area contributed by atoms with E-state index in [4.69, 9.17) is 9.31 Å². The summed E-state index contributed by atoms with van der Waals surface area (Å²) in [4.78, 5) is 10.5. The van der Waals surface area contributed by atoms with Crippen LogP contribution in [0.5, 0.6) is 0 Å². The number of hydrogen-bond donors (Lipinski definition) is 1. The van der Waals surface area contributed by atoms with Crippen molar-refractivity contribution in [1.29, 1.82) is 0 Å². The second-order valence-corrected chi connectivity index (χ2v) is 8.53. The number of benzene rings is 1. The van der Waals surface area contributed by atoms with E-state index in [2.05, 4.69) is 73.9 Å². The molecule has 1 aromatic carbocycles. The number of imidazole rings is 1. The maximum atomic E-state index is 6.13. The van der Waals surface area contributed by atoms with Crippen molar-refractivity contribution < 1.29 is 9.31 Å². The van der Waals surface area contributed by atoms with E-state index in [1.807, 2.05) is 6.20 Å². The highest BCUT2D eigenvalue weighted by atomic mass is 16.7. The Morgan fingerprint density at radius 3 is 2.35 bits per heavy atom. The zero-order valence-electron chi connectivity index (χ0n) is 16.4. The smallest absolute Gasteiger partial charge is 0.399 e. The largest absolute Gasteiger partial charge is 0.494 e. The third-order valence-corrected chi connectivity index (χ3v) is 6.18. The quantitative estimate of drug-likeness (QED) is 0.862. The molecule has 0 amide bonds. The van der Waals surface area contributed by atoms with E-state index in [-0.39, 0.29) is 18.3 Å². The Bertz CT molecular complexity index is 769. The molecule has 1 atom stereocenters. The first-order valence-corrected chi connectivity index (χ1v) is 9.48. The molecule has 0 radical (unpaired) electrons. The highest BCUT2D eigenvalue weighted by Gasteiger charge is 2.51. The Morgan fingerprint density at radius 2 is 1.77 bits per heavy atom. The van der Waals surface area contributed by atoms with Gasteiger partial charge in [-0.2, -0.15) is 0 Å². The van der Waals surface area contributed by atoms with Crippen LogP contribution in [0, 0.1) is 0 Å². The molecule has 0 spiro atoms. The number of aromatic amines is 1. The fourth-order valence-corrected chi connectivity index (χ4v) is 3.71. The van der Waals surface area contributed by atoms with Gasteiger partial charge in [0.25, 0.3) is 0 Å². The molecule has 5 nitrogen and oxygen atoms in total. The minimum atomic E-state index is -0.321. The maximum absolute atomic E-state index is 6.13. The summed E-state index contributed by atoms with van der Waals surface area (Å²) >= 11 is 0. The number of nitrogens with one attached hydrogen (secondary N) is 1. The van der Waals surface area contributed by atoms with Crippen molar-refractivity contribution in [2.24, 2.45) is 0 Å². The van der Waals surface area contributed by atoms with E-state index in [1.165, 1.54) is 12.8 Å². The van der Waals surface area contributed by atoms with Crippen molar-refractivity contribution >= 4 is 12.6 Å². The van der Waals surface area contributed by atoms with Gasteiger partial charge < -0.3 is 14.3 Å². The lowest BCUT2D eigenvalue weighted by molar-refractivity contribution is 0.00578. The zero-order valence-corrected chi connectivity index (χ0v) is 16.4. The highest BCUT2D eigenvalue weighted by Crippen LogP contribution is 2.36. The Kier molecular flexibility index (Phi) is 4.25. The Hall–Kier alpha value is -1.63. The van der Waals surface area contributed by atoms with E-state index in [0.717, 1.165) is 29.1 Å². The molecule has 26 heavy (non-hydrogen) atoms. The number of likely N-dealkylation sites (tertiary alicyclic amines) is 1. The van der Waals surface area contributed by atoms with Gasteiger partial charge in [-0.25, -0.2) is 4.98 Å². The molecule has 2 aliphatic rings. The molecule has 138 valence electrons. The third kappa shape index (κ3) is 3.00. The molecule has 2 fully saturated rings. The average molecular weight is 353 g/mol. The lowest BCUT2D eigenvalue weighted by atomic mass is 9.79. The monoisotopic (exact) mass is 353 g/mol. The number of aromatic nitrogens is 2. The highest BCUT2D eigenvalue weighted by molar-refractivity contribution is 6.62. The van der Waals surface area contributed by atoms with Crippen molar-refractivity contribution in [3.8, 4) is 11.3 Å². The minimum absolute atomic E-state index is 0.318. The molecule has 2 aliphatic heterocycles. The average Bonchev–Trinajstić information content (AvgIpc) is 3.26. The van der Waals surface area contributed by atoms with Crippen molar-refractivity contribution in [1.82, 2.24) is 14.9 Å². The first-order valence-electron chi connectivity index (χ1n) is 9.48. The van der Waals surface area contributed by atoms with Crippen LogP contribution in [0.2, 0.25) is 0 Å². The Balaban J connectivity index is 1.51. The van der Waals surface area contributed by atoms with Gasteiger partial charge in [0.2, 0.25) is 0 Å². The maximum Gasteiger partial charge on any atom is 0.494 e. The molecule has 2 saturated heterocycles. The van der Waals surface area contributed by atoms with Crippen LogP contribution in [-0.2, 0) is 9.31 Å². The van der Waals surface area contributed by atoms with Gasteiger partial charge in [-0.15, -0.1) is 0 Å². The van der Waals surface area contributed by atoms with Crippen LogP contribution in [0.4, 0.5) is 0 Å². The third-order valence-electron chi connectivity index (χ3n) is 6.18. The van der Waals surface area contributed by atoms with Gasteiger partial charge in [0.1, 0.15) is 5.82 Å². The van der Waals surface area contributed by atoms with E-state index in [0.29, 0.717) is 6.04 Å². The fraction of sp³-hybridized carbons (Fsp3) is 0.550. The van der Waals surface area contributed by atoms with Gasteiger partial charge in [-0.1, -0.05) is 24.3 Å². The van der Waals surface area contributed by atoms with E-state index < -0.39 is 0 Å². The number of nitrogens with zero attached hydrogens (tertiary/aromatic N) is 2. The first-order chi connectivity index (χ1) is 12.3. The summed E-state index contributed by atoms with van der Waals surface area (Å²) in [5.74, 6) is 1.06. The predicted molar refractivity (Wildman–Crippen MR) is 104 cm³/mol. The van der Waals surface area contributed by atoms with Crippen LogP contribution in [0.1, 0.15) is 52.4 Å². The fourth-order valence-electron chi connectivity index (χ4n) is 3.71. The van der Waals surface area contributed by atoms with Gasteiger partial charge in [0.15, 0.2) is 0 Å². The zero-order chi connectivity index (χ0) is 18.5. The van der Waals surface area contributed by atoms with Crippen molar-refractivity contribution in [3.05, 3.63) is 36.3 Å². The first kappa shape index (κ1) is 17.8. The van der Waals surface area contributed by atoms with Crippen molar-refractivity contribution in [3.63, 3.8) is 0 Å². The molecule has 0 saturated carbocycles. The molecule has 1 N–H and O–H groups in total. The predicted octanol–water partition coefficient (Wildman–Crippen LogP) is 3.14. The van der Waals surface area contributed by atoms with Crippen LogP contribution >= 0.6 is 0 Å².